The molecule has 0 aliphatic rings. The van der Waals surface area contributed by atoms with E-state index in [1.165, 1.54) is 18.0 Å². The van der Waals surface area contributed by atoms with E-state index < -0.39 is 0 Å². The zero-order valence-corrected chi connectivity index (χ0v) is 11.9. The van der Waals surface area contributed by atoms with Crippen LogP contribution in [0.15, 0.2) is 28.1 Å². The fraction of sp³-hybridized carbons (Fsp3) is 0.111. The van der Waals surface area contributed by atoms with Crippen LogP contribution in [-0.4, -0.2) is 26.5 Å². The van der Waals surface area contributed by atoms with Crippen LogP contribution in [0.25, 0.3) is 0 Å². The lowest BCUT2D eigenvalue weighted by atomic mass is 10.3. The van der Waals surface area contributed by atoms with E-state index in [-0.39, 0.29) is 5.91 Å². The van der Waals surface area contributed by atoms with Gasteiger partial charge in [-0.25, -0.2) is 0 Å². The summed E-state index contributed by atoms with van der Waals surface area (Å²) in [6.07, 6.45) is 5.00. The van der Waals surface area contributed by atoms with Gasteiger partial charge in [-0.2, -0.15) is 9.36 Å². The van der Waals surface area contributed by atoms with Crippen molar-refractivity contribution in [3.8, 4) is 0 Å². The molecule has 0 aromatic carbocycles. The first-order valence-corrected chi connectivity index (χ1v) is 7.28. The lowest BCUT2D eigenvalue weighted by Crippen LogP contribution is -2.11. The molecule has 1 amide bonds. The van der Waals surface area contributed by atoms with Gasteiger partial charge in [-0.05, 0) is 28.3 Å². The molecule has 0 aliphatic carbocycles. The van der Waals surface area contributed by atoms with Crippen molar-refractivity contribution in [2.45, 2.75) is 5.16 Å². The molecule has 5 nitrogen and oxygen atoms in total. The van der Waals surface area contributed by atoms with E-state index in [1.54, 1.807) is 12.3 Å². The van der Waals surface area contributed by atoms with Crippen LogP contribution >= 0.6 is 39.2 Å². The molecule has 2 rings (SSSR count). The van der Waals surface area contributed by atoms with Crippen LogP contribution in [0.1, 0.15) is 10.4 Å². The summed E-state index contributed by atoms with van der Waals surface area (Å²) in [6, 6.07) is 1.69. The van der Waals surface area contributed by atoms with Crippen molar-refractivity contribution in [2.24, 2.45) is 0 Å². The smallest absolute Gasteiger partial charge is 0.259 e. The van der Waals surface area contributed by atoms with E-state index in [4.69, 9.17) is 0 Å². The zero-order valence-electron chi connectivity index (χ0n) is 8.68. The van der Waals surface area contributed by atoms with Crippen molar-refractivity contribution in [3.05, 3.63) is 28.5 Å². The number of hydrogen-bond donors (Lipinski definition) is 1. The molecule has 0 unspecified atom stereocenters. The summed E-state index contributed by atoms with van der Waals surface area (Å²) in [5.41, 5.74) is 0.472. The first-order chi connectivity index (χ1) is 8.19. The number of anilines is 1. The van der Waals surface area contributed by atoms with Gasteiger partial charge < -0.3 is 0 Å². The number of carbonyl (C=O) groups is 1. The molecule has 0 atom stereocenters. The van der Waals surface area contributed by atoms with Gasteiger partial charge in [0.05, 0.1) is 5.56 Å². The van der Waals surface area contributed by atoms with Crippen LogP contribution in [0, 0.1) is 0 Å². The Bertz CT molecular complexity index is 545. The number of aromatic nitrogens is 3. The largest absolute Gasteiger partial charge is 0.297 e. The number of hydrogen-bond acceptors (Lipinski definition) is 6. The Morgan fingerprint density at radius 2 is 2.35 bits per heavy atom. The van der Waals surface area contributed by atoms with Gasteiger partial charge in [0.15, 0.2) is 0 Å². The second-order valence-corrected chi connectivity index (χ2v) is 5.37. The molecule has 2 aromatic rings. The maximum atomic E-state index is 11.8. The number of carbonyl (C=O) groups excluding carboxylic acids is 1. The van der Waals surface area contributed by atoms with Gasteiger partial charge in [0, 0.05) is 28.4 Å². The van der Waals surface area contributed by atoms with Crippen molar-refractivity contribution >= 4 is 50.3 Å². The highest BCUT2D eigenvalue weighted by atomic mass is 79.9. The van der Waals surface area contributed by atoms with E-state index >= 15 is 0 Å². The van der Waals surface area contributed by atoms with Crippen LogP contribution in [0.4, 0.5) is 5.13 Å². The van der Waals surface area contributed by atoms with Gasteiger partial charge in [-0.3, -0.25) is 15.1 Å². The van der Waals surface area contributed by atoms with Crippen LogP contribution in [-0.2, 0) is 0 Å². The van der Waals surface area contributed by atoms with Crippen LogP contribution in [0.3, 0.4) is 0 Å². The molecule has 0 saturated heterocycles. The molecule has 2 heterocycles. The maximum Gasteiger partial charge on any atom is 0.259 e. The summed E-state index contributed by atoms with van der Waals surface area (Å²) in [6.45, 7) is 0. The Hall–Kier alpha value is -0.990. The molecule has 0 fully saturated rings. The molecule has 0 saturated carbocycles. The van der Waals surface area contributed by atoms with Crippen molar-refractivity contribution < 1.29 is 4.79 Å². The topological polar surface area (TPSA) is 67.8 Å². The molecule has 0 bridgehead atoms. The molecule has 0 aliphatic heterocycles. The molecule has 0 radical (unpaired) electrons. The number of thioether (sulfide) groups is 1. The third-order valence-corrected chi connectivity index (χ3v) is 3.50. The number of amides is 1. The highest BCUT2D eigenvalue weighted by Crippen LogP contribution is 2.18. The Morgan fingerprint density at radius 1 is 1.53 bits per heavy atom. The second-order valence-electron chi connectivity index (χ2n) is 2.93. The monoisotopic (exact) mass is 330 g/mol. The van der Waals surface area contributed by atoms with Crippen molar-refractivity contribution in [3.63, 3.8) is 0 Å². The summed E-state index contributed by atoms with van der Waals surface area (Å²) in [5, 5.41) is 3.81. The summed E-state index contributed by atoms with van der Waals surface area (Å²) in [5.74, 6) is -0.248. The van der Waals surface area contributed by atoms with Gasteiger partial charge in [-0.15, -0.1) is 0 Å². The average molecular weight is 331 g/mol. The van der Waals surface area contributed by atoms with Gasteiger partial charge in [0.25, 0.3) is 5.91 Å². The summed E-state index contributed by atoms with van der Waals surface area (Å²) >= 11 is 5.85. The van der Waals surface area contributed by atoms with Gasteiger partial charge in [0.2, 0.25) is 10.3 Å². The predicted molar refractivity (Wildman–Crippen MR) is 71.6 cm³/mol. The third-order valence-electron chi connectivity index (χ3n) is 1.78. The SMILES string of the molecule is CSc1nsc(NC(=O)c2cncc(Br)c2)n1. The van der Waals surface area contributed by atoms with Gasteiger partial charge >= 0.3 is 0 Å². The molecule has 1 N–H and O–H groups in total. The summed E-state index contributed by atoms with van der Waals surface area (Å²) < 4.78 is 4.81. The molecule has 88 valence electrons. The van der Waals surface area contributed by atoms with Crippen LogP contribution in [0.2, 0.25) is 0 Å². The Balaban J connectivity index is 2.11. The Morgan fingerprint density at radius 3 is 3.00 bits per heavy atom. The maximum absolute atomic E-state index is 11.8. The molecule has 0 spiro atoms. The number of pyridine rings is 1. The summed E-state index contributed by atoms with van der Waals surface area (Å²) in [7, 11) is 0. The highest BCUT2D eigenvalue weighted by molar-refractivity contribution is 9.10. The quantitative estimate of drug-likeness (QED) is 0.876. The normalized spacial score (nSPS) is 10.2. The minimum atomic E-state index is -0.248. The first-order valence-electron chi connectivity index (χ1n) is 4.48. The minimum Gasteiger partial charge on any atom is -0.297 e. The summed E-state index contributed by atoms with van der Waals surface area (Å²) in [4.78, 5) is 19.9. The molecular formula is C9H7BrN4OS2. The molecular weight excluding hydrogens is 324 g/mol. The van der Waals surface area contributed by atoms with Gasteiger partial charge in [0.1, 0.15) is 0 Å². The fourth-order valence-electron chi connectivity index (χ4n) is 1.05. The van der Waals surface area contributed by atoms with E-state index in [1.807, 2.05) is 6.26 Å². The van der Waals surface area contributed by atoms with E-state index in [0.717, 1.165) is 16.0 Å². The number of rotatable bonds is 3. The standard InChI is InChI=1S/C9H7BrN4OS2/c1-16-9-13-8(17-14-9)12-7(15)5-2-6(10)4-11-3-5/h2-4H,1H3,(H,12,13,14,15). The second kappa shape index (κ2) is 5.56. The van der Waals surface area contributed by atoms with E-state index in [0.29, 0.717) is 15.9 Å². The number of nitrogens with zero attached hydrogens (tertiary/aromatic N) is 3. The fourth-order valence-corrected chi connectivity index (χ4v) is 2.54. The molecule has 2 aromatic heterocycles. The van der Waals surface area contributed by atoms with Crippen molar-refractivity contribution in [2.75, 3.05) is 11.6 Å². The van der Waals surface area contributed by atoms with Crippen LogP contribution in [0.5, 0.6) is 0 Å². The van der Waals surface area contributed by atoms with Gasteiger partial charge in [-0.1, -0.05) is 11.8 Å². The highest BCUT2D eigenvalue weighted by Gasteiger charge is 2.10. The number of halogens is 1. The zero-order chi connectivity index (χ0) is 12.3. The Kier molecular flexibility index (Phi) is 4.08. The Labute approximate surface area is 114 Å². The van der Waals surface area contributed by atoms with Crippen molar-refractivity contribution in [1.82, 2.24) is 14.3 Å². The lowest BCUT2D eigenvalue weighted by molar-refractivity contribution is 0.102. The average Bonchev–Trinajstić information content (AvgIpc) is 2.77. The lowest BCUT2D eigenvalue weighted by Gasteiger charge is -2.00. The molecule has 8 heteroatoms. The van der Waals surface area contributed by atoms with E-state index in [9.17, 15) is 4.79 Å². The van der Waals surface area contributed by atoms with E-state index in [2.05, 4.69) is 35.6 Å². The van der Waals surface area contributed by atoms with Crippen molar-refractivity contribution in [1.29, 1.82) is 0 Å². The first kappa shape index (κ1) is 12.5. The predicted octanol–water partition coefficient (Wildman–Crippen LogP) is 2.67. The number of nitrogens with one attached hydrogen (secondary N) is 1. The third kappa shape index (κ3) is 3.24. The minimum absolute atomic E-state index is 0.248. The van der Waals surface area contributed by atoms with Crippen LogP contribution < -0.4 is 5.32 Å². The molecule has 17 heavy (non-hydrogen) atoms.